The molecule has 0 unspecified atom stereocenters. The quantitative estimate of drug-likeness (QED) is 0.636. The van der Waals surface area contributed by atoms with Gasteiger partial charge in [0.25, 0.3) is 5.91 Å². The van der Waals surface area contributed by atoms with Crippen molar-refractivity contribution >= 4 is 11.7 Å². The molecule has 3 rings (SSSR count). The van der Waals surface area contributed by atoms with Crippen molar-refractivity contribution in [1.29, 1.82) is 0 Å². The summed E-state index contributed by atoms with van der Waals surface area (Å²) in [5.41, 5.74) is 8.78. The van der Waals surface area contributed by atoms with E-state index in [1.165, 1.54) is 12.1 Å². The first-order chi connectivity index (χ1) is 13.4. The average Bonchev–Trinajstić information content (AvgIpc) is 2.96. The number of carbonyl (C=O) groups is 2. The van der Waals surface area contributed by atoms with E-state index < -0.39 is 5.91 Å². The first kappa shape index (κ1) is 19.4. The van der Waals surface area contributed by atoms with Crippen molar-refractivity contribution in [3.8, 4) is 5.75 Å². The minimum atomic E-state index is -0.611. The van der Waals surface area contributed by atoms with Crippen LogP contribution in [0.15, 0.2) is 54.6 Å². The predicted octanol–water partition coefficient (Wildman–Crippen LogP) is 3.65. The number of halogens is 1. The number of carbonyl (C=O) groups excluding carboxylic acids is 2. The van der Waals surface area contributed by atoms with Gasteiger partial charge in [0.15, 0.2) is 6.61 Å². The third-order valence-corrected chi connectivity index (χ3v) is 4.64. The molecule has 0 saturated heterocycles. The van der Waals surface area contributed by atoms with Crippen LogP contribution in [-0.4, -0.2) is 22.9 Å². The summed E-state index contributed by atoms with van der Waals surface area (Å²) in [6.45, 7) is 4.11. The number of aromatic nitrogens is 1. The third kappa shape index (κ3) is 4.11. The van der Waals surface area contributed by atoms with E-state index in [1.807, 2.05) is 24.5 Å². The minimum absolute atomic E-state index is 0.197. The Morgan fingerprint density at radius 3 is 2.39 bits per heavy atom. The molecule has 5 nitrogen and oxygen atoms in total. The van der Waals surface area contributed by atoms with E-state index in [0.717, 1.165) is 17.0 Å². The van der Waals surface area contributed by atoms with Crippen molar-refractivity contribution in [2.45, 2.75) is 20.4 Å². The highest BCUT2D eigenvalue weighted by atomic mass is 19.1. The predicted molar refractivity (Wildman–Crippen MR) is 104 cm³/mol. The van der Waals surface area contributed by atoms with Gasteiger partial charge < -0.3 is 15.0 Å². The van der Waals surface area contributed by atoms with Crippen molar-refractivity contribution in [2.75, 3.05) is 6.61 Å². The zero-order chi connectivity index (χ0) is 20.3. The van der Waals surface area contributed by atoms with Crippen LogP contribution in [0.25, 0.3) is 0 Å². The summed E-state index contributed by atoms with van der Waals surface area (Å²) in [4.78, 5) is 24.1. The Morgan fingerprint density at radius 2 is 1.71 bits per heavy atom. The molecule has 2 aromatic carbocycles. The number of nitrogens with two attached hydrogens (primary N) is 1. The van der Waals surface area contributed by atoms with Gasteiger partial charge >= 0.3 is 0 Å². The SMILES string of the molecule is Cc1cc(C(=O)COc2ccccc2C(N)=O)c(C)n1Cc1ccc(F)cc1. The van der Waals surface area contributed by atoms with Gasteiger partial charge in [-0.25, -0.2) is 4.39 Å². The topological polar surface area (TPSA) is 74.3 Å². The van der Waals surface area contributed by atoms with Gasteiger partial charge in [-0.1, -0.05) is 24.3 Å². The highest BCUT2D eigenvalue weighted by molar-refractivity contribution is 5.99. The van der Waals surface area contributed by atoms with Gasteiger partial charge in [-0.05, 0) is 49.7 Å². The van der Waals surface area contributed by atoms with Crippen LogP contribution in [0.1, 0.15) is 37.7 Å². The lowest BCUT2D eigenvalue weighted by molar-refractivity contribution is 0.0911. The second-order valence-electron chi connectivity index (χ2n) is 6.57. The Balaban J connectivity index is 1.76. The van der Waals surface area contributed by atoms with E-state index in [9.17, 15) is 14.0 Å². The lowest BCUT2D eigenvalue weighted by Gasteiger charge is -2.11. The van der Waals surface area contributed by atoms with Gasteiger partial charge in [0.05, 0.1) is 5.56 Å². The van der Waals surface area contributed by atoms with Crippen LogP contribution in [0, 0.1) is 19.7 Å². The molecule has 6 heteroatoms. The second-order valence-corrected chi connectivity index (χ2v) is 6.57. The number of hydrogen-bond donors (Lipinski definition) is 1. The number of ketones is 1. The van der Waals surface area contributed by atoms with E-state index >= 15 is 0 Å². The van der Waals surface area contributed by atoms with Crippen LogP contribution in [0.4, 0.5) is 4.39 Å². The molecule has 1 aromatic heterocycles. The Hall–Kier alpha value is -3.41. The van der Waals surface area contributed by atoms with Crippen molar-refractivity contribution in [3.63, 3.8) is 0 Å². The van der Waals surface area contributed by atoms with Gasteiger partial charge in [0.1, 0.15) is 11.6 Å². The molecule has 0 spiro atoms. The Labute approximate surface area is 162 Å². The summed E-state index contributed by atoms with van der Waals surface area (Å²) in [5, 5.41) is 0. The van der Waals surface area contributed by atoms with Crippen LogP contribution in [0.2, 0.25) is 0 Å². The fourth-order valence-corrected chi connectivity index (χ4v) is 3.12. The first-order valence-electron chi connectivity index (χ1n) is 8.83. The van der Waals surface area contributed by atoms with E-state index in [-0.39, 0.29) is 29.5 Å². The molecule has 1 amide bonds. The highest BCUT2D eigenvalue weighted by Crippen LogP contribution is 2.20. The smallest absolute Gasteiger partial charge is 0.252 e. The summed E-state index contributed by atoms with van der Waals surface area (Å²) in [6, 6.07) is 14.6. The summed E-state index contributed by atoms with van der Waals surface area (Å²) in [7, 11) is 0. The number of rotatable bonds is 7. The Kier molecular flexibility index (Phi) is 5.59. The van der Waals surface area contributed by atoms with Crippen LogP contribution in [0.5, 0.6) is 5.75 Å². The molecule has 0 atom stereocenters. The fourth-order valence-electron chi connectivity index (χ4n) is 3.12. The molecule has 0 bridgehead atoms. The lowest BCUT2D eigenvalue weighted by atomic mass is 10.1. The van der Waals surface area contributed by atoms with Crippen LogP contribution >= 0.6 is 0 Å². The standard InChI is InChI=1S/C22H21FN2O3/c1-14-11-19(15(2)25(14)12-16-7-9-17(23)10-8-16)20(26)13-28-21-6-4-3-5-18(21)22(24)27/h3-11H,12-13H2,1-2H3,(H2,24,27). The number of ether oxygens (including phenoxy) is 1. The van der Waals surface area contributed by atoms with Gasteiger partial charge in [-0.2, -0.15) is 0 Å². The summed E-state index contributed by atoms with van der Waals surface area (Å²) >= 11 is 0. The van der Waals surface area contributed by atoms with Gasteiger partial charge in [-0.15, -0.1) is 0 Å². The molecular formula is C22H21FN2O3. The van der Waals surface area contributed by atoms with E-state index in [0.29, 0.717) is 12.1 Å². The number of para-hydroxylation sites is 1. The zero-order valence-electron chi connectivity index (χ0n) is 15.7. The Morgan fingerprint density at radius 1 is 1.04 bits per heavy atom. The van der Waals surface area contributed by atoms with E-state index in [4.69, 9.17) is 10.5 Å². The summed E-state index contributed by atoms with van der Waals surface area (Å²) < 4.78 is 20.6. The van der Waals surface area contributed by atoms with Gasteiger partial charge in [-0.3, -0.25) is 9.59 Å². The number of aryl methyl sites for hydroxylation is 1. The van der Waals surface area contributed by atoms with Crippen molar-refractivity contribution in [2.24, 2.45) is 5.73 Å². The van der Waals surface area contributed by atoms with E-state index in [1.54, 1.807) is 36.4 Å². The molecular weight excluding hydrogens is 359 g/mol. The van der Waals surface area contributed by atoms with Gasteiger partial charge in [0, 0.05) is 23.5 Å². The summed E-state index contributed by atoms with van der Waals surface area (Å²) in [5.74, 6) is -0.810. The van der Waals surface area contributed by atoms with Crippen LogP contribution in [-0.2, 0) is 6.54 Å². The van der Waals surface area contributed by atoms with Crippen LogP contribution < -0.4 is 10.5 Å². The molecule has 0 saturated carbocycles. The maximum Gasteiger partial charge on any atom is 0.252 e. The second kappa shape index (κ2) is 8.08. The van der Waals surface area contributed by atoms with Crippen molar-refractivity contribution < 1.29 is 18.7 Å². The van der Waals surface area contributed by atoms with Gasteiger partial charge in [0.2, 0.25) is 5.78 Å². The normalized spacial score (nSPS) is 10.7. The number of nitrogens with zero attached hydrogens (tertiary/aromatic N) is 1. The molecule has 3 aromatic rings. The average molecular weight is 380 g/mol. The largest absolute Gasteiger partial charge is 0.485 e. The molecule has 144 valence electrons. The summed E-state index contributed by atoms with van der Waals surface area (Å²) in [6.07, 6.45) is 0. The first-order valence-corrected chi connectivity index (χ1v) is 8.83. The highest BCUT2D eigenvalue weighted by Gasteiger charge is 2.17. The molecule has 0 aliphatic rings. The lowest BCUT2D eigenvalue weighted by Crippen LogP contribution is -2.17. The molecule has 0 fully saturated rings. The molecule has 1 heterocycles. The van der Waals surface area contributed by atoms with Crippen molar-refractivity contribution in [3.05, 3.63) is 88.5 Å². The third-order valence-electron chi connectivity index (χ3n) is 4.64. The molecule has 28 heavy (non-hydrogen) atoms. The maximum absolute atomic E-state index is 13.1. The monoisotopic (exact) mass is 380 g/mol. The number of benzene rings is 2. The molecule has 0 aliphatic heterocycles. The molecule has 0 aliphatic carbocycles. The number of Topliss-reactive ketones (excluding diaryl/α,β-unsaturated/α-hetero) is 1. The number of hydrogen-bond acceptors (Lipinski definition) is 3. The Bertz CT molecular complexity index is 1020. The number of primary amides is 1. The van der Waals surface area contributed by atoms with Crippen LogP contribution in [0.3, 0.4) is 0 Å². The number of amides is 1. The van der Waals surface area contributed by atoms with Crippen molar-refractivity contribution in [1.82, 2.24) is 4.57 Å². The van der Waals surface area contributed by atoms with E-state index in [2.05, 4.69) is 0 Å². The zero-order valence-corrected chi connectivity index (χ0v) is 15.7. The maximum atomic E-state index is 13.1. The fraction of sp³-hybridized carbons (Fsp3) is 0.182. The molecule has 0 radical (unpaired) electrons. The molecule has 2 N–H and O–H groups in total. The minimum Gasteiger partial charge on any atom is -0.485 e.